The van der Waals surface area contributed by atoms with Gasteiger partial charge < -0.3 is 14.8 Å². The molecule has 2 aliphatic carbocycles. The maximum absolute atomic E-state index is 13.3. The average Bonchev–Trinajstić information content (AvgIpc) is 2.73. The van der Waals surface area contributed by atoms with Gasteiger partial charge >= 0.3 is 5.97 Å². The molecule has 1 N–H and O–H groups in total. The third-order valence-electron chi connectivity index (χ3n) is 6.27. The quantitative estimate of drug-likeness (QED) is 0.759. The summed E-state index contributed by atoms with van der Waals surface area (Å²) in [5.41, 5.74) is 3.95. The van der Waals surface area contributed by atoms with E-state index in [1.54, 1.807) is 7.11 Å². The Morgan fingerprint density at radius 2 is 1.76 bits per heavy atom. The van der Waals surface area contributed by atoms with E-state index in [0.29, 0.717) is 12.0 Å². The number of dihydropyridines is 1. The van der Waals surface area contributed by atoms with E-state index in [4.69, 9.17) is 9.47 Å². The Labute approximate surface area is 172 Å². The minimum atomic E-state index is -0.388. The number of esters is 1. The molecule has 5 heteroatoms. The highest BCUT2D eigenvalue weighted by Gasteiger charge is 2.39. The molecule has 1 heterocycles. The molecular formula is C24H29NO4. The normalized spacial score (nSPS) is 22.8. The number of ketones is 1. The summed E-state index contributed by atoms with van der Waals surface area (Å²) in [5.74, 6) is 0.183. The first-order valence-corrected chi connectivity index (χ1v) is 10.7. The molecule has 1 saturated carbocycles. The lowest BCUT2D eigenvalue weighted by molar-refractivity contribution is -0.146. The van der Waals surface area contributed by atoms with E-state index in [2.05, 4.69) is 5.32 Å². The monoisotopic (exact) mass is 395 g/mol. The van der Waals surface area contributed by atoms with Crippen molar-refractivity contribution in [2.75, 3.05) is 7.11 Å². The van der Waals surface area contributed by atoms with Crippen molar-refractivity contribution >= 4 is 11.8 Å². The second-order valence-corrected chi connectivity index (χ2v) is 8.20. The number of Topliss-reactive ketones (excluding diaryl/α,β-unsaturated/α-hetero) is 1. The molecule has 0 saturated heterocycles. The van der Waals surface area contributed by atoms with Crippen LogP contribution in [0.4, 0.5) is 0 Å². The maximum atomic E-state index is 13.3. The highest BCUT2D eigenvalue weighted by Crippen LogP contribution is 2.43. The van der Waals surface area contributed by atoms with Gasteiger partial charge in [-0.3, -0.25) is 4.79 Å². The minimum absolute atomic E-state index is 0.0227. The summed E-state index contributed by atoms with van der Waals surface area (Å²) < 4.78 is 11.2. The summed E-state index contributed by atoms with van der Waals surface area (Å²) in [6.07, 6.45) is 7.43. The van der Waals surface area contributed by atoms with Crippen LogP contribution in [0.1, 0.15) is 69.8 Å². The lowest BCUT2D eigenvalue weighted by Gasteiger charge is -2.35. The van der Waals surface area contributed by atoms with Crippen molar-refractivity contribution in [1.29, 1.82) is 0 Å². The zero-order valence-corrected chi connectivity index (χ0v) is 17.3. The highest BCUT2D eigenvalue weighted by atomic mass is 16.5. The average molecular weight is 395 g/mol. The van der Waals surface area contributed by atoms with Gasteiger partial charge in [0, 0.05) is 29.3 Å². The Morgan fingerprint density at radius 1 is 1.03 bits per heavy atom. The Bertz CT molecular complexity index is 859. The van der Waals surface area contributed by atoms with Crippen molar-refractivity contribution in [2.45, 2.75) is 70.3 Å². The fourth-order valence-corrected chi connectivity index (χ4v) is 4.78. The number of nitrogens with one attached hydrogen (secondary N) is 1. The van der Waals surface area contributed by atoms with Crippen molar-refractivity contribution in [3.63, 3.8) is 0 Å². The van der Waals surface area contributed by atoms with Gasteiger partial charge in [-0.1, -0.05) is 18.6 Å². The summed E-state index contributed by atoms with van der Waals surface area (Å²) in [6.45, 7) is 1.91. The molecule has 5 nitrogen and oxygen atoms in total. The van der Waals surface area contributed by atoms with E-state index < -0.39 is 0 Å². The van der Waals surface area contributed by atoms with Gasteiger partial charge in [0.05, 0.1) is 12.7 Å². The van der Waals surface area contributed by atoms with Gasteiger partial charge in [0.15, 0.2) is 5.78 Å². The van der Waals surface area contributed by atoms with Gasteiger partial charge in [0.25, 0.3) is 0 Å². The van der Waals surface area contributed by atoms with Crippen molar-refractivity contribution in [2.24, 2.45) is 0 Å². The summed E-state index contributed by atoms with van der Waals surface area (Å²) in [4.78, 5) is 26.2. The fourth-order valence-electron chi connectivity index (χ4n) is 4.78. The van der Waals surface area contributed by atoms with Gasteiger partial charge in [0.1, 0.15) is 11.9 Å². The molecule has 1 fully saturated rings. The molecule has 0 unspecified atom stereocenters. The summed E-state index contributed by atoms with van der Waals surface area (Å²) in [5, 5.41) is 3.35. The summed E-state index contributed by atoms with van der Waals surface area (Å²) in [6, 6.07) is 7.65. The van der Waals surface area contributed by atoms with Crippen LogP contribution in [-0.4, -0.2) is 25.0 Å². The van der Waals surface area contributed by atoms with Crippen molar-refractivity contribution in [1.82, 2.24) is 5.32 Å². The standard InChI is InChI=1S/C24H29NO4/c1-15-21(24(27)29-18-7-4-3-5-8-18)22(16-11-13-17(28-2)14-12-16)23-19(25-15)9-6-10-20(23)26/h11-14,18,22,25H,3-10H2,1-2H3/t22-/m1/s1. The fraction of sp³-hybridized carbons (Fsp3) is 0.500. The van der Waals surface area contributed by atoms with Crippen LogP contribution < -0.4 is 10.1 Å². The molecule has 1 aliphatic heterocycles. The van der Waals surface area contributed by atoms with E-state index in [0.717, 1.165) is 66.8 Å². The number of ether oxygens (including phenoxy) is 2. The Morgan fingerprint density at radius 3 is 2.45 bits per heavy atom. The first-order chi connectivity index (χ1) is 14.1. The Hall–Kier alpha value is -2.56. The molecule has 0 spiro atoms. The number of hydrogen-bond donors (Lipinski definition) is 1. The third kappa shape index (κ3) is 3.96. The highest BCUT2D eigenvalue weighted by molar-refractivity contribution is 6.03. The number of methoxy groups -OCH3 is 1. The van der Waals surface area contributed by atoms with Crippen LogP contribution >= 0.6 is 0 Å². The first kappa shape index (κ1) is 19.7. The molecular weight excluding hydrogens is 366 g/mol. The van der Waals surface area contributed by atoms with E-state index >= 15 is 0 Å². The van der Waals surface area contributed by atoms with Gasteiger partial charge in [0.2, 0.25) is 0 Å². The molecule has 0 radical (unpaired) electrons. The molecule has 1 aromatic carbocycles. The summed E-state index contributed by atoms with van der Waals surface area (Å²) >= 11 is 0. The second kappa shape index (κ2) is 8.44. The Kier molecular flexibility index (Phi) is 5.74. The van der Waals surface area contributed by atoms with E-state index in [-0.39, 0.29) is 23.8 Å². The van der Waals surface area contributed by atoms with Gasteiger partial charge in [-0.15, -0.1) is 0 Å². The number of carbonyl (C=O) groups excluding carboxylic acids is 2. The molecule has 0 bridgehead atoms. The molecule has 0 aromatic heterocycles. The molecule has 0 amide bonds. The number of hydrogen-bond acceptors (Lipinski definition) is 5. The molecule has 1 aromatic rings. The number of allylic oxidation sites excluding steroid dienone is 3. The first-order valence-electron chi connectivity index (χ1n) is 10.7. The predicted octanol–water partition coefficient (Wildman–Crippen LogP) is 4.54. The van der Waals surface area contributed by atoms with Crippen LogP contribution in [0.25, 0.3) is 0 Å². The molecule has 4 rings (SSSR count). The number of benzene rings is 1. The van der Waals surface area contributed by atoms with Crippen LogP contribution in [0.3, 0.4) is 0 Å². The molecule has 3 aliphatic rings. The lowest BCUT2D eigenvalue weighted by Crippen LogP contribution is -2.35. The topological polar surface area (TPSA) is 64.6 Å². The van der Waals surface area contributed by atoms with Crippen LogP contribution in [0.15, 0.2) is 46.8 Å². The van der Waals surface area contributed by atoms with Gasteiger partial charge in [-0.05, 0) is 63.1 Å². The van der Waals surface area contributed by atoms with Crippen LogP contribution in [0.2, 0.25) is 0 Å². The number of carbonyl (C=O) groups is 2. The molecule has 1 atom stereocenters. The van der Waals surface area contributed by atoms with Crippen LogP contribution in [0, 0.1) is 0 Å². The molecule has 29 heavy (non-hydrogen) atoms. The smallest absolute Gasteiger partial charge is 0.337 e. The van der Waals surface area contributed by atoms with E-state index in [9.17, 15) is 9.59 Å². The number of rotatable bonds is 4. The largest absolute Gasteiger partial charge is 0.497 e. The third-order valence-corrected chi connectivity index (χ3v) is 6.27. The van der Waals surface area contributed by atoms with Crippen molar-refractivity contribution in [3.05, 3.63) is 52.4 Å². The van der Waals surface area contributed by atoms with Crippen LogP contribution in [0.5, 0.6) is 5.75 Å². The van der Waals surface area contributed by atoms with E-state index in [1.165, 1.54) is 6.42 Å². The van der Waals surface area contributed by atoms with Gasteiger partial charge in [-0.2, -0.15) is 0 Å². The van der Waals surface area contributed by atoms with Gasteiger partial charge in [-0.25, -0.2) is 4.79 Å². The van der Waals surface area contributed by atoms with Crippen LogP contribution in [-0.2, 0) is 14.3 Å². The maximum Gasteiger partial charge on any atom is 0.337 e. The lowest BCUT2D eigenvalue weighted by atomic mass is 9.75. The molecule has 154 valence electrons. The van der Waals surface area contributed by atoms with Crippen molar-refractivity contribution < 1.29 is 19.1 Å². The minimum Gasteiger partial charge on any atom is -0.497 e. The van der Waals surface area contributed by atoms with E-state index in [1.807, 2.05) is 31.2 Å². The predicted molar refractivity (Wildman–Crippen MR) is 110 cm³/mol. The summed E-state index contributed by atoms with van der Waals surface area (Å²) in [7, 11) is 1.63. The van der Waals surface area contributed by atoms with Crippen molar-refractivity contribution in [3.8, 4) is 5.75 Å². The zero-order valence-electron chi connectivity index (χ0n) is 17.3. The zero-order chi connectivity index (χ0) is 20.4. The Balaban J connectivity index is 1.72. The second-order valence-electron chi connectivity index (χ2n) is 8.20. The SMILES string of the molecule is COc1ccc([C@@H]2C(C(=O)OC3CCCCC3)=C(C)NC3=C2C(=O)CCC3)cc1.